The summed E-state index contributed by atoms with van der Waals surface area (Å²) in [6, 6.07) is 8.09. The Bertz CT molecular complexity index is 560. The summed E-state index contributed by atoms with van der Waals surface area (Å²) in [5.41, 5.74) is 6.59. The van der Waals surface area contributed by atoms with Crippen LogP contribution in [-0.2, 0) is 0 Å². The summed E-state index contributed by atoms with van der Waals surface area (Å²) >= 11 is 7.22. The molecule has 18 heavy (non-hydrogen) atoms. The number of hydrogen-bond acceptors (Lipinski definition) is 3. The molecule has 0 amide bonds. The van der Waals surface area contributed by atoms with Gasteiger partial charge in [-0.05, 0) is 30.7 Å². The second-order valence-corrected chi connectivity index (χ2v) is 5.25. The predicted molar refractivity (Wildman–Crippen MR) is 72.4 cm³/mol. The standard InChI is InChI=1S/C13H12ClFN2S/c1-8(16)9-4-2-6-11(15)12(9)18-13-10(14)5-3-7-17-13/h2-8H,16H2,1H3/t8-/m0/s1. The van der Waals surface area contributed by atoms with Gasteiger partial charge in [-0.1, -0.05) is 35.5 Å². The van der Waals surface area contributed by atoms with E-state index < -0.39 is 0 Å². The third-order valence-electron chi connectivity index (χ3n) is 2.41. The van der Waals surface area contributed by atoms with E-state index in [1.54, 1.807) is 24.4 Å². The summed E-state index contributed by atoms with van der Waals surface area (Å²) in [6.07, 6.45) is 1.63. The van der Waals surface area contributed by atoms with Gasteiger partial charge in [-0.15, -0.1) is 0 Å². The minimum absolute atomic E-state index is 0.245. The maximum absolute atomic E-state index is 13.9. The number of hydrogen-bond donors (Lipinski definition) is 1. The fourth-order valence-electron chi connectivity index (χ4n) is 1.53. The Morgan fingerprint density at radius 2 is 2.11 bits per heavy atom. The van der Waals surface area contributed by atoms with Crippen LogP contribution in [0.1, 0.15) is 18.5 Å². The number of rotatable bonds is 3. The van der Waals surface area contributed by atoms with E-state index >= 15 is 0 Å². The molecule has 2 rings (SSSR count). The lowest BCUT2D eigenvalue weighted by Gasteiger charge is -2.13. The van der Waals surface area contributed by atoms with E-state index in [9.17, 15) is 4.39 Å². The Hall–Kier alpha value is -1.10. The molecule has 1 heterocycles. The highest BCUT2D eigenvalue weighted by Crippen LogP contribution is 2.36. The highest BCUT2D eigenvalue weighted by molar-refractivity contribution is 7.99. The van der Waals surface area contributed by atoms with Crippen molar-refractivity contribution in [3.05, 3.63) is 52.9 Å². The predicted octanol–water partition coefficient (Wildman–Crippen LogP) is 4.05. The van der Waals surface area contributed by atoms with Crippen LogP contribution in [0.5, 0.6) is 0 Å². The molecule has 5 heteroatoms. The van der Waals surface area contributed by atoms with Gasteiger partial charge in [0.15, 0.2) is 0 Å². The molecule has 0 bridgehead atoms. The molecule has 0 aliphatic rings. The van der Waals surface area contributed by atoms with Crippen molar-refractivity contribution in [2.75, 3.05) is 0 Å². The number of pyridine rings is 1. The van der Waals surface area contributed by atoms with Gasteiger partial charge < -0.3 is 5.73 Å². The van der Waals surface area contributed by atoms with Crippen molar-refractivity contribution in [3.63, 3.8) is 0 Å². The normalized spacial score (nSPS) is 12.4. The zero-order valence-electron chi connectivity index (χ0n) is 9.73. The van der Waals surface area contributed by atoms with Gasteiger partial charge >= 0.3 is 0 Å². The van der Waals surface area contributed by atoms with Crippen LogP contribution in [0, 0.1) is 5.82 Å². The molecule has 0 spiro atoms. The molecule has 1 aromatic heterocycles. The first-order valence-electron chi connectivity index (χ1n) is 5.42. The molecule has 0 aliphatic carbocycles. The summed E-state index contributed by atoms with van der Waals surface area (Å²) in [5.74, 6) is -0.309. The van der Waals surface area contributed by atoms with Gasteiger partial charge in [-0.2, -0.15) is 0 Å². The van der Waals surface area contributed by atoms with E-state index in [1.165, 1.54) is 17.8 Å². The van der Waals surface area contributed by atoms with Crippen molar-refractivity contribution in [3.8, 4) is 0 Å². The summed E-state index contributed by atoms with van der Waals surface area (Å²) < 4.78 is 13.9. The van der Waals surface area contributed by atoms with Gasteiger partial charge in [0, 0.05) is 12.2 Å². The van der Waals surface area contributed by atoms with Crippen molar-refractivity contribution in [1.29, 1.82) is 0 Å². The molecule has 0 aliphatic heterocycles. The van der Waals surface area contributed by atoms with E-state index in [1.807, 2.05) is 13.0 Å². The van der Waals surface area contributed by atoms with Crippen LogP contribution in [-0.4, -0.2) is 4.98 Å². The molecular formula is C13H12ClFN2S. The SMILES string of the molecule is C[C@H](N)c1cccc(F)c1Sc1ncccc1Cl. The molecule has 0 saturated heterocycles. The maximum atomic E-state index is 13.9. The van der Waals surface area contributed by atoms with Gasteiger partial charge in [-0.3, -0.25) is 0 Å². The Morgan fingerprint density at radius 3 is 2.78 bits per heavy atom. The molecule has 0 saturated carbocycles. The quantitative estimate of drug-likeness (QED) is 0.923. The van der Waals surface area contributed by atoms with E-state index in [0.29, 0.717) is 14.9 Å². The van der Waals surface area contributed by atoms with Crippen molar-refractivity contribution < 1.29 is 4.39 Å². The largest absolute Gasteiger partial charge is 0.324 e. The third-order valence-corrected chi connectivity index (χ3v) is 3.98. The highest BCUT2D eigenvalue weighted by Gasteiger charge is 2.14. The lowest BCUT2D eigenvalue weighted by molar-refractivity contribution is 0.591. The van der Waals surface area contributed by atoms with Crippen LogP contribution in [0.2, 0.25) is 5.02 Å². The van der Waals surface area contributed by atoms with Crippen molar-refractivity contribution in [1.82, 2.24) is 4.98 Å². The second-order valence-electron chi connectivity index (χ2n) is 3.84. The summed E-state index contributed by atoms with van der Waals surface area (Å²) in [7, 11) is 0. The van der Waals surface area contributed by atoms with Gasteiger partial charge in [0.1, 0.15) is 10.8 Å². The molecule has 0 radical (unpaired) electrons. The third kappa shape index (κ3) is 2.83. The minimum atomic E-state index is -0.309. The van der Waals surface area contributed by atoms with Gasteiger partial charge in [0.25, 0.3) is 0 Å². The fraction of sp³-hybridized carbons (Fsp3) is 0.154. The van der Waals surface area contributed by atoms with Crippen LogP contribution in [0.15, 0.2) is 46.5 Å². The minimum Gasteiger partial charge on any atom is -0.324 e. The van der Waals surface area contributed by atoms with E-state index in [-0.39, 0.29) is 11.9 Å². The molecule has 1 atom stereocenters. The lowest BCUT2D eigenvalue weighted by atomic mass is 10.1. The number of benzene rings is 1. The number of nitrogens with zero attached hydrogens (tertiary/aromatic N) is 1. The van der Waals surface area contributed by atoms with Crippen LogP contribution < -0.4 is 5.73 Å². The summed E-state index contributed by atoms with van der Waals surface area (Å²) in [6.45, 7) is 1.82. The first-order chi connectivity index (χ1) is 8.59. The van der Waals surface area contributed by atoms with Gasteiger partial charge in [0.2, 0.25) is 0 Å². The topological polar surface area (TPSA) is 38.9 Å². The van der Waals surface area contributed by atoms with E-state index in [2.05, 4.69) is 4.98 Å². The molecule has 2 N–H and O–H groups in total. The average Bonchev–Trinajstić information content (AvgIpc) is 2.34. The Morgan fingerprint density at radius 1 is 1.33 bits per heavy atom. The van der Waals surface area contributed by atoms with Gasteiger partial charge in [0.05, 0.1) is 9.92 Å². The zero-order chi connectivity index (χ0) is 13.1. The lowest BCUT2D eigenvalue weighted by Crippen LogP contribution is -2.07. The van der Waals surface area contributed by atoms with Crippen molar-refractivity contribution in [2.24, 2.45) is 5.73 Å². The first kappa shape index (κ1) is 13.3. The van der Waals surface area contributed by atoms with Crippen molar-refractivity contribution in [2.45, 2.75) is 22.9 Å². The summed E-state index contributed by atoms with van der Waals surface area (Å²) in [4.78, 5) is 4.62. The van der Waals surface area contributed by atoms with Crippen LogP contribution in [0.3, 0.4) is 0 Å². The Balaban J connectivity index is 2.43. The zero-order valence-corrected chi connectivity index (χ0v) is 11.3. The molecule has 0 unspecified atom stereocenters. The fourth-order valence-corrected chi connectivity index (χ4v) is 2.78. The van der Waals surface area contributed by atoms with Crippen LogP contribution >= 0.6 is 23.4 Å². The Kier molecular flexibility index (Phi) is 4.22. The maximum Gasteiger partial charge on any atom is 0.137 e. The molecule has 2 aromatic rings. The van der Waals surface area contributed by atoms with Crippen LogP contribution in [0.25, 0.3) is 0 Å². The Labute approximate surface area is 114 Å². The van der Waals surface area contributed by atoms with E-state index in [0.717, 1.165) is 5.56 Å². The summed E-state index contributed by atoms with van der Waals surface area (Å²) in [5, 5.41) is 1.08. The number of halogens is 2. The van der Waals surface area contributed by atoms with E-state index in [4.69, 9.17) is 17.3 Å². The molecule has 2 nitrogen and oxygen atoms in total. The number of nitrogens with two attached hydrogens (primary N) is 1. The average molecular weight is 283 g/mol. The van der Waals surface area contributed by atoms with Crippen molar-refractivity contribution >= 4 is 23.4 Å². The first-order valence-corrected chi connectivity index (χ1v) is 6.61. The molecule has 1 aromatic carbocycles. The smallest absolute Gasteiger partial charge is 0.137 e. The van der Waals surface area contributed by atoms with Gasteiger partial charge in [-0.25, -0.2) is 9.37 Å². The molecular weight excluding hydrogens is 271 g/mol. The monoisotopic (exact) mass is 282 g/mol. The number of aromatic nitrogens is 1. The molecule has 0 fully saturated rings. The van der Waals surface area contributed by atoms with Crippen LogP contribution in [0.4, 0.5) is 4.39 Å². The second kappa shape index (κ2) is 5.69. The highest BCUT2D eigenvalue weighted by atomic mass is 35.5. The molecule has 94 valence electrons.